The lowest BCUT2D eigenvalue weighted by molar-refractivity contribution is -0.145. The maximum absolute atomic E-state index is 11.0. The van der Waals surface area contributed by atoms with Gasteiger partial charge >= 0.3 is 5.97 Å². The van der Waals surface area contributed by atoms with Crippen molar-refractivity contribution in [3.63, 3.8) is 0 Å². The van der Waals surface area contributed by atoms with E-state index < -0.39 is 5.97 Å². The van der Waals surface area contributed by atoms with E-state index in [9.17, 15) is 4.79 Å². The monoisotopic (exact) mass is 249 g/mol. The minimum Gasteiger partial charge on any atom is -0.481 e. The van der Waals surface area contributed by atoms with E-state index >= 15 is 0 Å². The zero-order valence-corrected chi connectivity index (χ0v) is 10.4. The summed E-state index contributed by atoms with van der Waals surface area (Å²) in [5, 5.41) is 9.08. The van der Waals surface area contributed by atoms with Crippen LogP contribution in [0.25, 0.3) is 0 Å². The van der Waals surface area contributed by atoms with Crippen LogP contribution >= 0.6 is 12.4 Å². The van der Waals surface area contributed by atoms with Crippen molar-refractivity contribution in [1.29, 1.82) is 0 Å². The highest BCUT2D eigenvalue weighted by Gasteiger charge is 2.39. The zero-order valence-electron chi connectivity index (χ0n) is 9.59. The van der Waals surface area contributed by atoms with Crippen molar-refractivity contribution < 1.29 is 14.6 Å². The Morgan fingerprint density at radius 3 is 2.50 bits per heavy atom. The van der Waals surface area contributed by atoms with Crippen molar-refractivity contribution in [1.82, 2.24) is 4.90 Å². The van der Waals surface area contributed by atoms with E-state index in [-0.39, 0.29) is 24.4 Å². The van der Waals surface area contributed by atoms with Gasteiger partial charge in [-0.1, -0.05) is 0 Å². The second-order valence-corrected chi connectivity index (χ2v) is 4.71. The van der Waals surface area contributed by atoms with Gasteiger partial charge in [-0.2, -0.15) is 0 Å². The molecule has 16 heavy (non-hydrogen) atoms. The Labute approximate surface area is 102 Å². The Kier molecular flexibility index (Phi) is 5.02. The molecule has 0 unspecified atom stereocenters. The third-order valence-corrected chi connectivity index (χ3v) is 3.68. The smallest absolute Gasteiger partial charge is 0.309 e. The highest BCUT2D eigenvalue weighted by molar-refractivity contribution is 5.85. The Bertz CT molecular complexity index is 241. The van der Waals surface area contributed by atoms with Crippen molar-refractivity contribution in [2.75, 3.05) is 26.7 Å². The Hall–Kier alpha value is -0.320. The Morgan fingerprint density at radius 1 is 1.31 bits per heavy atom. The quantitative estimate of drug-likeness (QED) is 0.800. The van der Waals surface area contributed by atoms with Crippen LogP contribution < -0.4 is 0 Å². The first kappa shape index (κ1) is 13.7. The number of nitrogens with zero attached hydrogens (tertiary/aromatic N) is 1. The van der Waals surface area contributed by atoms with E-state index in [2.05, 4.69) is 11.9 Å². The molecule has 2 aliphatic rings. The molecule has 94 valence electrons. The standard InChI is InChI=1S/C11H19NO3.ClH/c1-12-5-2-8(3-6-12)10-9(11(13)14)4-7-15-10;/h8-10H,2-7H2,1H3,(H,13,14);1H/t9-,10+;/m1./s1. The summed E-state index contributed by atoms with van der Waals surface area (Å²) in [5.74, 6) is -0.500. The van der Waals surface area contributed by atoms with Gasteiger partial charge in [-0.05, 0) is 45.3 Å². The van der Waals surface area contributed by atoms with Crippen LogP contribution in [0.3, 0.4) is 0 Å². The fourth-order valence-electron chi connectivity index (χ4n) is 2.70. The van der Waals surface area contributed by atoms with Gasteiger partial charge in [0.1, 0.15) is 0 Å². The molecule has 0 aromatic heterocycles. The average molecular weight is 250 g/mol. The SMILES string of the molecule is CN1CCC([C@@H]2OCC[C@H]2C(=O)O)CC1.Cl. The molecular weight excluding hydrogens is 230 g/mol. The molecule has 0 radical (unpaired) electrons. The van der Waals surface area contributed by atoms with Crippen LogP contribution in [0.2, 0.25) is 0 Å². The fraction of sp³-hybridized carbons (Fsp3) is 0.909. The predicted molar refractivity (Wildman–Crippen MR) is 63.0 cm³/mol. The number of carbonyl (C=O) groups is 1. The van der Waals surface area contributed by atoms with Gasteiger partial charge in [0.25, 0.3) is 0 Å². The second-order valence-electron chi connectivity index (χ2n) is 4.71. The topological polar surface area (TPSA) is 49.8 Å². The molecule has 2 rings (SSSR count). The number of halogens is 1. The molecule has 0 saturated carbocycles. The van der Waals surface area contributed by atoms with Crippen molar-refractivity contribution in [3.05, 3.63) is 0 Å². The molecule has 0 bridgehead atoms. The second kappa shape index (κ2) is 5.84. The number of ether oxygens (including phenoxy) is 1. The molecule has 2 atom stereocenters. The summed E-state index contributed by atoms with van der Waals surface area (Å²) in [7, 11) is 2.11. The summed E-state index contributed by atoms with van der Waals surface area (Å²) in [6.07, 6.45) is 2.80. The summed E-state index contributed by atoms with van der Waals surface area (Å²) in [6, 6.07) is 0. The maximum Gasteiger partial charge on any atom is 0.309 e. The molecule has 4 nitrogen and oxygen atoms in total. The number of rotatable bonds is 2. The first-order chi connectivity index (χ1) is 7.18. The van der Waals surface area contributed by atoms with Gasteiger partial charge in [-0.15, -0.1) is 12.4 Å². The normalized spacial score (nSPS) is 32.3. The van der Waals surface area contributed by atoms with E-state index in [1.165, 1.54) is 0 Å². The minimum absolute atomic E-state index is 0. The summed E-state index contributed by atoms with van der Waals surface area (Å²) >= 11 is 0. The average Bonchev–Trinajstić information content (AvgIpc) is 2.67. The van der Waals surface area contributed by atoms with Gasteiger partial charge in [0.15, 0.2) is 0 Å². The molecule has 0 amide bonds. The van der Waals surface area contributed by atoms with E-state index in [0.29, 0.717) is 18.9 Å². The summed E-state index contributed by atoms with van der Waals surface area (Å²) in [5.41, 5.74) is 0. The number of likely N-dealkylation sites (tertiary alicyclic amines) is 1. The lowest BCUT2D eigenvalue weighted by Gasteiger charge is -2.33. The molecule has 2 saturated heterocycles. The van der Waals surface area contributed by atoms with Gasteiger partial charge in [0, 0.05) is 6.61 Å². The van der Waals surface area contributed by atoms with Crippen LogP contribution in [0.5, 0.6) is 0 Å². The summed E-state index contributed by atoms with van der Waals surface area (Å²) < 4.78 is 5.60. The third-order valence-electron chi connectivity index (χ3n) is 3.68. The molecule has 5 heteroatoms. The van der Waals surface area contributed by atoms with Gasteiger partial charge < -0.3 is 14.7 Å². The first-order valence-electron chi connectivity index (χ1n) is 5.71. The number of hydrogen-bond donors (Lipinski definition) is 1. The molecule has 0 spiro atoms. The largest absolute Gasteiger partial charge is 0.481 e. The van der Waals surface area contributed by atoms with Crippen LogP contribution in [-0.2, 0) is 9.53 Å². The predicted octanol–water partition coefficient (Wildman–Crippen LogP) is 1.24. The molecule has 2 heterocycles. The molecular formula is C11H20ClNO3. The van der Waals surface area contributed by atoms with E-state index in [1.54, 1.807) is 0 Å². The molecule has 0 aromatic rings. The minimum atomic E-state index is -0.684. The molecule has 0 aromatic carbocycles. The lowest BCUT2D eigenvalue weighted by Crippen LogP contribution is -2.39. The summed E-state index contributed by atoms with van der Waals surface area (Å²) in [4.78, 5) is 13.3. The zero-order chi connectivity index (χ0) is 10.8. The maximum atomic E-state index is 11.0. The first-order valence-corrected chi connectivity index (χ1v) is 5.71. The third kappa shape index (κ3) is 2.87. The van der Waals surface area contributed by atoms with Crippen molar-refractivity contribution >= 4 is 18.4 Å². The van der Waals surface area contributed by atoms with Crippen LogP contribution in [0.15, 0.2) is 0 Å². The van der Waals surface area contributed by atoms with Crippen LogP contribution in [0.1, 0.15) is 19.3 Å². The number of hydrogen-bond acceptors (Lipinski definition) is 3. The van der Waals surface area contributed by atoms with Crippen LogP contribution in [-0.4, -0.2) is 48.8 Å². The highest BCUT2D eigenvalue weighted by Crippen LogP contribution is 2.32. The highest BCUT2D eigenvalue weighted by atomic mass is 35.5. The van der Waals surface area contributed by atoms with Crippen molar-refractivity contribution in [2.24, 2.45) is 11.8 Å². The Balaban J connectivity index is 0.00000128. The fourth-order valence-corrected chi connectivity index (χ4v) is 2.70. The van der Waals surface area contributed by atoms with Gasteiger partial charge in [-0.25, -0.2) is 0 Å². The van der Waals surface area contributed by atoms with E-state index in [1.807, 2.05) is 0 Å². The van der Waals surface area contributed by atoms with Gasteiger partial charge in [0.2, 0.25) is 0 Å². The number of carboxylic acid groups (broad SMARTS) is 1. The van der Waals surface area contributed by atoms with E-state index in [0.717, 1.165) is 25.9 Å². The van der Waals surface area contributed by atoms with Crippen molar-refractivity contribution in [2.45, 2.75) is 25.4 Å². The van der Waals surface area contributed by atoms with Gasteiger partial charge in [-0.3, -0.25) is 4.79 Å². The van der Waals surface area contributed by atoms with Gasteiger partial charge in [0.05, 0.1) is 12.0 Å². The molecule has 2 fully saturated rings. The number of carboxylic acids is 1. The van der Waals surface area contributed by atoms with Crippen LogP contribution in [0, 0.1) is 11.8 Å². The van der Waals surface area contributed by atoms with E-state index in [4.69, 9.17) is 9.84 Å². The molecule has 1 N–H and O–H groups in total. The Morgan fingerprint density at radius 2 is 1.94 bits per heavy atom. The number of aliphatic carboxylic acids is 1. The molecule has 2 aliphatic heterocycles. The summed E-state index contributed by atoms with van der Waals surface area (Å²) in [6.45, 7) is 2.75. The lowest BCUT2D eigenvalue weighted by atomic mass is 9.84. The molecule has 0 aliphatic carbocycles. The van der Waals surface area contributed by atoms with Crippen LogP contribution in [0.4, 0.5) is 0 Å². The number of piperidine rings is 1. The van der Waals surface area contributed by atoms with Crippen molar-refractivity contribution in [3.8, 4) is 0 Å².